The maximum atomic E-state index is 2.54. The number of nitrogens with zero attached hydrogens (tertiary/aromatic N) is 1. The molecule has 0 aliphatic rings. The van der Waals surface area contributed by atoms with E-state index in [0.29, 0.717) is 0 Å². The first kappa shape index (κ1) is 11.0. The van der Waals surface area contributed by atoms with E-state index in [9.17, 15) is 0 Å². The normalized spacial score (nSPS) is 10.5. The second kappa shape index (κ2) is 8.12. The van der Waals surface area contributed by atoms with Crippen LogP contribution in [0.25, 0.3) is 0 Å². The lowest BCUT2D eigenvalue weighted by atomic mass is 9.95. The summed E-state index contributed by atoms with van der Waals surface area (Å²) in [7, 11) is 1.22. The molecule has 0 aliphatic heterocycles. The molecule has 0 aliphatic carbocycles. The van der Waals surface area contributed by atoms with Crippen molar-refractivity contribution in [3.63, 3.8) is 0 Å². The topological polar surface area (TPSA) is 3.24 Å². The molecule has 0 radical (unpaired) electrons. The molecule has 66 valence electrons. The molecule has 0 amide bonds. The van der Waals surface area contributed by atoms with Crippen molar-refractivity contribution in [2.24, 2.45) is 0 Å². The molecule has 0 atom stereocenters. The molecule has 0 aromatic rings. The van der Waals surface area contributed by atoms with Crippen LogP contribution in [0.2, 0.25) is 6.82 Å². The van der Waals surface area contributed by atoms with Crippen LogP contribution in [-0.4, -0.2) is 25.3 Å². The van der Waals surface area contributed by atoms with Gasteiger partial charge in [0.1, 0.15) is 0 Å². The van der Waals surface area contributed by atoms with Gasteiger partial charge in [-0.25, -0.2) is 0 Å². The van der Waals surface area contributed by atoms with Crippen LogP contribution in [0, 0.1) is 0 Å². The number of hydrogen-bond acceptors (Lipinski definition) is 1. The Kier molecular flexibility index (Phi) is 8.14. The molecule has 0 spiro atoms. The standard InChI is InChI=1S/C9H22BN/c1-4-6-7-9-11(10-3)8-5-2/h10H,4-9H2,1-3H3. The van der Waals surface area contributed by atoms with Crippen molar-refractivity contribution < 1.29 is 0 Å². The minimum atomic E-state index is 1.22. The van der Waals surface area contributed by atoms with Gasteiger partial charge in [0, 0.05) is 0 Å². The monoisotopic (exact) mass is 155 g/mol. The van der Waals surface area contributed by atoms with E-state index < -0.39 is 0 Å². The zero-order chi connectivity index (χ0) is 8.53. The first-order chi connectivity index (χ1) is 5.35. The van der Waals surface area contributed by atoms with Gasteiger partial charge in [0.05, 0.1) is 0 Å². The Morgan fingerprint density at radius 3 is 2.18 bits per heavy atom. The summed E-state index contributed by atoms with van der Waals surface area (Å²) >= 11 is 0. The first-order valence-electron chi connectivity index (χ1n) is 5.07. The summed E-state index contributed by atoms with van der Waals surface area (Å²) in [5.41, 5.74) is 0. The van der Waals surface area contributed by atoms with Crippen molar-refractivity contribution in [1.29, 1.82) is 0 Å². The molecular weight excluding hydrogens is 133 g/mol. The molecule has 11 heavy (non-hydrogen) atoms. The molecular formula is C9H22BN. The molecule has 0 N–H and O–H groups in total. The van der Waals surface area contributed by atoms with Gasteiger partial charge in [-0.1, -0.05) is 33.5 Å². The zero-order valence-electron chi connectivity index (χ0n) is 8.40. The van der Waals surface area contributed by atoms with Crippen LogP contribution in [0.3, 0.4) is 0 Å². The molecule has 1 nitrogen and oxygen atoms in total. The number of rotatable bonds is 7. The number of unbranched alkanes of at least 4 members (excludes halogenated alkanes) is 2. The second-order valence-electron chi connectivity index (χ2n) is 3.14. The van der Waals surface area contributed by atoms with Gasteiger partial charge in [-0.15, -0.1) is 0 Å². The van der Waals surface area contributed by atoms with Gasteiger partial charge in [0.25, 0.3) is 0 Å². The Balaban J connectivity index is 3.20. The third kappa shape index (κ3) is 6.42. The Morgan fingerprint density at radius 1 is 1.00 bits per heavy atom. The van der Waals surface area contributed by atoms with Crippen LogP contribution < -0.4 is 0 Å². The summed E-state index contributed by atoms with van der Waals surface area (Å²) in [4.78, 5) is 2.54. The second-order valence-corrected chi connectivity index (χ2v) is 3.14. The highest BCUT2D eigenvalue weighted by Crippen LogP contribution is 1.97. The maximum absolute atomic E-state index is 2.54. The smallest absolute Gasteiger partial charge is 0.201 e. The van der Waals surface area contributed by atoms with E-state index in [1.165, 1.54) is 46.2 Å². The van der Waals surface area contributed by atoms with Crippen LogP contribution in [0.4, 0.5) is 0 Å². The van der Waals surface area contributed by atoms with E-state index in [0.717, 1.165) is 0 Å². The molecule has 0 aromatic heterocycles. The van der Waals surface area contributed by atoms with Crippen molar-refractivity contribution >= 4 is 7.41 Å². The molecule has 2 heteroatoms. The van der Waals surface area contributed by atoms with E-state index >= 15 is 0 Å². The van der Waals surface area contributed by atoms with Gasteiger partial charge >= 0.3 is 0 Å². The SMILES string of the molecule is CBN(CCC)CCCCC. The molecule has 0 saturated carbocycles. The lowest BCUT2D eigenvalue weighted by Gasteiger charge is -2.18. The van der Waals surface area contributed by atoms with Crippen molar-refractivity contribution in [3.8, 4) is 0 Å². The highest BCUT2D eigenvalue weighted by atomic mass is 15.0. The highest BCUT2D eigenvalue weighted by molar-refractivity contribution is 6.29. The van der Waals surface area contributed by atoms with Gasteiger partial charge in [-0.2, -0.15) is 0 Å². The quantitative estimate of drug-likeness (QED) is 0.402. The summed E-state index contributed by atoms with van der Waals surface area (Å²) in [6.07, 6.45) is 5.40. The lowest BCUT2D eigenvalue weighted by molar-refractivity contribution is 0.426. The summed E-state index contributed by atoms with van der Waals surface area (Å²) in [6, 6.07) is 0. The fourth-order valence-corrected chi connectivity index (χ4v) is 1.33. The van der Waals surface area contributed by atoms with Gasteiger partial charge in [0.15, 0.2) is 0 Å². The minimum Gasteiger partial charge on any atom is -0.345 e. The van der Waals surface area contributed by atoms with E-state index in [-0.39, 0.29) is 0 Å². The van der Waals surface area contributed by atoms with E-state index in [1.807, 2.05) is 0 Å². The van der Waals surface area contributed by atoms with Crippen LogP contribution in [0.1, 0.15) is 39.5 Å². The third-order valence-corrected chi connectivity index (χ3v) is 2.06. The van der Waals surface area contributed by atoms with Gasteiger partial charge in [-0.05, 0) is 25.9 Å². The van der Waals surface area contributed by atoms with E-state index in [4.69, 9.17) is 0 Å². The molecule has 0 unspecified atom stereocenters. The average molecular weight is 155 g/mol. The molecule has 0 aromatic carbocycles. The van der Waals surface area contributed by atoms with Crippen molar-refractivity contribution in [2.75, 3.05) is 13.1 Å². The Labute approximate surface area is 72.4 Å². The van der Waals surface area contributed by atoms with Crippen molar-refractivity contribution in [2.45, 2.75) is 46.4 Å². The fraction of sp³-hybridized carbons (Fsp3) is 1.00. The molecule has 0 rings (SSSR count). The molecule has 0 saturated heterocycles. The predicted octanol–water partition coefficient (Wildman–Crippen LogP) is 2.29. The highest BCUT2D eigenvalue weighted by Gasteiger charge is 1.99. The molecule has 0 bridgehead atoms. The summed E-state index contributed by atoms with van der Waals surface area (Å²) in [5, 5.41) is 0. The predicted molar refractivity (Wildman–Crippen MR) is 54.4 cm³/mol. The largest absolute Gasteiger partial charge is 0.345 e. The third-order valence-electron chi connectivity index (χ3n) is 2.06. The van der Waals surface area contributed by atoms with Crippen LogP contribution in [-0.2, 0) is 0 Å². The van der Waals surface area contributed by atoms with Gasteiger partial charge in [-0.3, -0.25) is 0 Å². The minimum absolute atomic E-state index is 1.22. The van der Waals surface area contributed by atoms with Crippen LogP contribution in [0.15, 0.2) is 0 Å². The van der Waals surface area contributed by atoms with Gasteiger partial charge < -0.3 is 4.81 Å². The van der Waals surface area contributed by atoms with Crippen LogP contribution >= 0.6 is 0 Å². The molecule has 0 fully saturated rings. The van der Waals surface area contributed by atoms with Crippen molar-refractivity contribution in [1.82, 2.24) is 4.81 Å². The van der Waals surface area contributed by atoms with E-state index in [2.05, 4.69) is 25.5 Å². The summed E-state index contributed by atoms with van der Waals surface area (Å²) in [5.74, 6) is 0. The first-order valence-corrected chi connectivity index (χ1v) is 5.07. The Morgan fingerprint density at radius 2 is 1.73 bits per heavy atom. The average Bonchev–Trinajstić information content (AvgIpc) is 2.03. The maximum Gasteiger partial charge on any atom is 0.201 e. The lowest BCUT2D eigenvalue weighted by Crippen LogP contribution is -2.27. The molecule has 0 heterocycles. The Bertz CT molecular complexity index is 76.0. The Hall–Kier alpha value is 0.0249. The van der Waals surface area contributed by atoms with Gasteiger partial charge in [0.2, 0.25) is 7.41 Å². The number of hydrogen-bond donors (Lipinski definition) is 0. The summed E-state index contributed by atoms with van der Waals surface area (Å²) in [6.45, 7) is 9.35. The van der Waals surface area contributed by atoms with Crippen LogP contribution in [0.5, 0.6) is 0 Å². The summed E-state index contributed by atoms with van der Waals surface area (Å²) < 4.78 is 0. The fourth-order valence-electron chi connectivity index (χ4n) is 1.33. The van der Waals surface area contributed by atoms with Crippen molar-refractivity contribution in [3.05, 3.63) is 0 Å². The zero-order valence-corrected chi connectivity index (χ0v) is 8.40. The van der Waals surface area contributed by atoms with E-state index in [1.54, 1.807) is 0 Å².